The fourth-order valence-corrected chi connectivity index (χ4v) is 8.33. The van der Waals surface area contributed by atoms with E-state index in [0.717, 1.165) is 52.8 Å². The summed E-state index contributed by atoms with van der Waals surface area (Å²) in [6.45, 7) is 2.37. The minimum atomic E-state index is -4.08. The Morgan fingerprint density at radius 1 is 1.13 bits per heavy atom. The molecule has 0 saturated carbocycles. The van der Waals surface area contributed by atoms with Gasteiger partial charge in [-0.1, -0.05) is 41.9 Å². The summed E-state index contributed by atoms with van der Waals surface area (Å²) < 4.78 is 28.6. The monoisotopic (exact) mass is 586 g/mol. The lowest BCUT2D eigenvalue weighted by atomic mass is 9.99. The predicted octanol–water partition coefficient (Wildman–Crippen LogP) is 3.41. The number of halogens is 1. The molecule has 204 valence electrons. The normalized spacial score (nSPS) is 21.4. The largest absolute Gasteiger partial charge is 0.480 e. The van der Waals surface area contributed by atoms with Gasteiger partial charge in [-0.15, -0.1) is 11.3 Å². The quantitative estimate of drug-likeness (QED) is 0.436. The Morgan fingerprint density at radius 2 is 1.87 bits per heavy atom. The van der Waals surface area contributed by atoms with E-state index < -0.39 is 34.5 Å². The molecule has 3 fully saturated rings. The Hall–Kier alpha value is -3.12. The van der Waals surface area contributed by atoms with Crippen molar-refractivity contribution in [2.45, 2.75) is 29.6 Å². The topological polar surface area (TPSA) is 110 Å². The number of carboxylic acid groups (broad SMARTS) is 1. The number of amides is 1. The van der Waals surface area contributed by atoms with Crippen molar-refractivity contribution in [1.29, 1.82) is 0 Å². The average Bonchev–Trinajstić information content (AvgIpc) is 3.27. The molecule has 3 aliphatic rings. The summed E-state index contributed by atoms with van der Waals surface area (Å²) in [6, 6.07) is 13.1. The summed E-state index contributed by atoms with van der Waals surface area (Å²) in [5.74, 6) is -1.80. The first-order chi connectivity index (χ1) is 18.7. The van der Waals surface area contributed by atoms with Gasteiger partial charge in [-0.2, -0.15) is 4.31 Å². The van der Waals surface area contributed by atoms with Gasteiger partial charge in [0.1, 0.15) is 10.3 Å². The molecule has 6 rings (SSSR count). The number of aliphatic carboxylic acids is 1. The van der Waals surface area contributed by atoms with E-state index in [4.69, 9.17) is 11.6 Å². The van der Waals surface area contributed by atoms with Crippen LogP contribution in [0.15, 0.2) is 58.4 Å². The molecule has 3 aliphatic heterocycles. The van der Waals surface area contributed by atoms with Gasteiger partial charge in [-0.05, 0) is 41.1 Å². The zero-order valence-corrected chi connectivity index (χ0v) is 23.4. The lowest BCUT2D eigenvalue weighted by Crippen LogP contribution is -2.59. The molecule has 4 heterocycles. The van der Waals surface area contributed by atoms with E-state index in [-0.39, 0.29) is 17.3 Å². The van der Waals surface area contributed by atoms with Crippen LogP contribution < -0.4 is 5.32 Å². The molecule has 0 spiro atoms. The number of rotatable bonds is 7. The summed E-state index contributed by atoms with van der Waals surface area (Å²) in [5, 5.41) is 14.6. The van der Waals surface area contributed by atoms with Crippen molar-refractivity contribution in [3.05, 3.63) is 70.4 Å². The third-order valence-electron chi connectivity index (χ3n) is 7.48. The third kappa shape index (κ3) is 4.88. The van der Waals surface area contributed by atoms with Gasteiger partial charge < -0.3 is 20.2 Å². The first-order valence-corrected chi connectivity index (χ1v) is 15.4. The van der Waals surface area contributed by atoms with E-state index in [1.165, 1.54) is 28.8 Å². The summed E-state index contributed by atoms with van der Waals surface area (Å²) in [7, 11) is -4.08. The molecule has 0 bridgehead atoms. The number of carboxylic acids is 1. The fourth-order valence-electron chi connectivity index (χ4n) is 5.10. The number of sulfonamides is 1. The second kappa shape index (κ2) is 10.1. The Kier molecular flexibility index (Phi) is 6.78. The lowest BCUT2D eigenvalue weighted by Gasteiger charge is -2.39. The number of hydrogen-bond donors (Lipinski definition) is 2. The van der Waals surface area contributed by atoms with Crippen molar-refractivity contribution < 1.29 is 23.1 Å². The van der Waals surface area contributed by atoms with Crippen molar-refractivity contribution in [1.82, 2.24) is 19.4 Å². The summed E-state index contributed by atoms with van der Waals surface area (Å²) >= 11 is 7.09. The average molecular weight is 587 g/mol. The molecule has 2 N–H and O–H groups in total. The van der Waals surface area contributed by atoms with Gasteiger partial charge in [0.2, 0.25) is 5.91 Å². The Labute approximate surface area is 235 Å². The van der Waals surface area contributed by atoms with Gasteiger partial charge in [0.15, 0.2) is 0 Å². The molecule has 3 saturated heterocycles. The van der Waals surface area contributed by atoms with Crippen LogP contribution in [0.4, 0.5) is 0 Å². The van der Waals surface area contributed by atoms with Crippen molar-refractivity contribution >= 4 is 60.6 Å². The van der Waals surface area contributed by atoms with Gasteiger partial charge in [-0.3, -0.25) is 4.79 Å². The highest BCUT2D eigenvalue weighted by atomic mass is 35.5. The minimum Gasteiger partial charge on any atom is -0.480 e. The molecule has 12 heteroatoms. The zero-order chi connectivity index (χ0) is 27.3. The number of carbonyl (C=O) groups is 2. The van der Waals surface area contributed by atoms with Crippen LogP contribution in [0.5, 0.6) is 0 Å². The molecule has 1 aromatic heterocycles. The van der Waals surface area contributed by atoms with E-state index in [9.17, 15) is 23.1 Å². The number of nitrogens with one attached hydrogen (secondary N) is 1. The highest BCUT2D eigenvalue weighted by Gasteiger charge is 2.42. The second-order valence-corrected chi connectivity index (χ2v) is 13.6. The molecule has 0 radical (unpaired) electrons. The van der Waals surface area contributed by atoms with Crippen LogP contribution in [0.25, 0.3) is 15.8 Å². The maximum Gasteiger partial charge on any atom is 0.327 e. The summed E-state index contributed by atoms with van der Waals surface area (Å²) in [4.78, 5) is 29.0. The highest BCUT2D eigenvalue weighted by Crippen LogP contribution is 2.34. The van der Waals surface area contributed by atoms with Gasteiger partial charge in [-0.25, -0.2) is 13.2 Å². The van der Waals surface area contributed by atoms with Crippen molar-refractivity contribution in [2.75, 3.05) is 32.7 Å². The molecule has 9 nitrogen and oxygen atoms in total. The number of nitrogens with zero attached hydrogens (tertiary/aromatic N) is 3. The molecular formula is C27H27ClN4O5S2. The Balaban J connectivity index is 1.21. The van der Waals surface area contributed by atoms with E-state index >= 15 is 0 Å². The molecule has 39 heavy (non-hydrogen) atoms. The first kappa shape index (κ1) is 26.1. The van der Waals surface area contributed by atoms with E-state index in [1.807, 2.05) is 24.3 Å². The van der Waals surface area contributed by atoms with Crippen LogP contribution >= 0.6 is 22.9 Å². The maximum atomic E-state index is 13.4. The summed E-state index contributed by atoms with van der Waals surface area (Å²) in [5.41, 5.74) is 4.32. The fraction of sp³-hybridized carbons (Fsp3) is 0.333. The predicted molar refractivity (Wildman–Crippen MR) is 150 cm³/mol. The zero-order valence-electron chi connectivity index (χ0n) is 21.0. The second-order valence-electron chi connectivity index (χ2n) is 9.96. The molecule has 1 atom stereocenters. The van der Waals surface area contributed by atoms with Gasteiger partial charge >= 0.3 is 5.97 Å². The SMILES string of the molecule is O=C(O)[C@H]1CN(S(=O)(=O)c2cc3ccc(Cl)cc3s2)CC(=O)N1Cc1ccc(/C(=C2\CCN2)N2CCC2)cc1. The Bertz CT molecular complexity index is 1590. The highest BCUT2D eigenvalue weighted by molar-refractivity contribution is 7.91. The number of likely N-dealkylation sites (tertiary alicyclic amines) is 1. The number of fused-ring (bicyclic) bond motifs is 1. The molecule has 2 aromatic carbocycles. The van der Waals surface area contributed by atoms with E-state index in [0.29, 0.717) is 15.1 Å². The smallest absolute Gasteiger partial charge is 0.327 e. The Morgan fingerprint density at radius 3 is 2.49 bits per heavy atom. The number of benzene rings is 2. The van der Waals surface area contributed by atoms with Crippen LogP contribution in [0.3, 0.4) is 0 Å². The molecular weight excluding hydrogens is 560 g/mol. The van der Waals surface area contributed by atoms with Crippen LogP contribution in [-0.2, 0) is 26.2 Å². The maximum absolute atomic E-state index is 13.4. The van der Waals surface area contributed by atoms with Crippen molar-refractivity contribution in [3.8, 4) is 0 Å². The molecule has 0 aliphatic carbocycles. The van der Waals surface area contributed by atoms with Gasteiger partial charge in [0.25, 0.3) is 10.0 Å². The molecule has 0 unspecified atom stereocenters. The van der Waals surface area contributed by atoms with Gasteiger partial charge in [0.05, 0.1) is 12.2 Å². The first-order valence-electron chi connectivity index (χ1n) is 12.7. The van der Waals surface area contributed by atoms with Crippen LogP contribution in [0, 0.1) is 0 Å². The van der Waals surface area contributed by atoms with Crippen LogP contribution in [-0.4, -0.2) is 78.3 Å². The van der Waals surface area contributed by atoms with E-state index in [1.54, 1.807) is 18.2 Å². The van der Waals surface area contributed by atoms with Crippen LogP contribution in [0.2, 0.25) is 5.02 Å². The number of hydrogen-bond acceptors (Lipinski definition) is 7. The molecule has 3 aromatic rings. The van der Waals surface area contributed by atoms with Gasteiger partial charge in [0, 0.05) is 54.6 Å². The van der Waals surface area contributed by atoms with Crippen molar-refractivity contribution in [2.24, 2.45) is 0 Å². The minimum absolute atomic E-state index is 0.0498. The third-order valence-corrected chi connectivity index (χ3v) is 11.1. The number of thiophene rings is 1. The lowest BCUT2D eigenvalue weighted by molar-refractivity contribution is -0.154. The molecule has 1 amide bonds. The standard InChI is InChI=1S/C27H27ClN4O5S2/c28-20-7-6-19-12-25(38-23(19)13-20)39(36,37)31-15-22(27(34)35)32(24(33)16-31)14-17-2-4-18(5-3-17)26(21-8-9-29-21)30-10-1-11-30/h2-7,12-13,22,29H,1,8-11,14-16H2,(H,34,35)/b26-21-/t22-/m1/s1. The van der Waals surface area contributed by atoms with Crippen molar-refractivity contribution in [3.63, 3.8) is 0 Å². The van der Waals surface area contributed by atoms with E-state index in [2.05, 4.69) is 10.2 Å². The summed E-state index contributed by atoms with van der Waals surface area (Å²) in [6.07, 6.45) is 2.19. The number of carbonyl (C=O) groups excluding carboxylic acids is 1. The number of piperazine rings is 1. The van der Waals surface area contributed by atoms with Crippen LogP contribution in [0.1, 0.15) is 24.0 Å².